The summed E-state index contributed by atoms with van der Waals surface area (Å²) in [5, 5.41) is 0. The molecule has 0 heterocycles. The summed E-state index contributed by atoms with van der Waals surface area (Å²) in [6, 6.07) is 0. The van der Waals surface area contributed by atoms with Gasteiger partial charge in [-0.2, -0.15) is 0 Å². The first-order valence-corrected chi connectivity index (χ1v) is 5.58. The van der Waals surface area contributed by atoms with Crippen molar-refractivity contribution >= 4 is 15.9 Å². The molecule has 0 bridgehead atoms. The molecule has 0 spiro atoms. The minimum Gasteiger partial charge on any atom is -0.0890 e. The van der Waals surface area contributed by atoms with E-state index in [0.717, 1.165) is 10.7 Å². The molecule has 0 aromatic carbocycles. The van der Waals surface area contributed by atoms with E-state index in [4.69, 9.17) is 0 Å². The molecule has 2 atom stereocenters. The first kappa shape index (κ1) is 11.5. The van der Waals surface area contributed by atoms with E-state index in [9.17, 15) is 0 Å². The van der Waals surface area contributed by atoms with Gasteiger partial charge in [0.2, 0.25) is 0 Å². The second-order valence-electron chi connectivity index (χ2n) is 3.93. The molecule has 0 aromatic heterocycles. The van der Waals surface area contributed by atoms with Gasteiger partial charge in [-0.05, 0) is 24.2 Å². The molecule has 0 N–H and O–H groups in total. The SMILES string of the molecule is CC.CC1C[C@@H](Br)CC1(C)C. The molecule has 0 saturated heterocycles. The van der Waals surface area contributed by atoms with Crippen LogP contribution in [0.2, 0.25) is 0 Å². The molecule has 1 rings (SSSR count). The molecule has 1 saturated carbocycles. The Morgan fingerprint density at radius 3 is 1.82 bits per heavy atom. The van der Waals surface area contributed by atoms with Gasteiger partial charge in [-0.1, -0.05) is 50.5 Å². The molecule has 1 heteroatoms. The molecule has 11 heavy (non-hydrogen) atoms. The molecule has 68 valence electrons. The smallest absolute Gasteiger partial charge is 0.0153 e. The molecule has 1 fully saturated rings. The Morgan fingerprint density at radius 2 is 1.73 bits per heavy atom. The van der Waals surface area contributed by atoms with Crippen LogP contribution in [0.4, 0.5) is 0 Å². The zero-order chi connectivity index (χ0) is 9.07. The van der Waals surface area contributed by atoms with Gasteiger partial charge in [0.25, 0.3) is 0 Å². The Morgan fingerprint density at radius 1 is 1.27 bits per heavy atom. The molecule has 0 amide bonds. The van der Waals surface area contributed by atoms with E-state index in [2.05, 4.69) is 36.7 Å². The van der Waals surface area contributed by atoms with Crippen molar-refractivity contribution in [2.24, 2.45) is 11.3 Å². The van der Waals surface area contributed by atoms with Crippen molar-refractivity contribution in [3.63, 3.8) is 0 Å². The average Bonchev–Trinajstić information content (AvgIpc) is 2.10. The van der Waals surface area contributed by atoms with Gasteiger partial charge < -0.3 is 0 Å². The van der Waals surface area contributed by atoms with Crippen LogP contribution in [0.25, 0.3) is 0 Å². The summed E-state index contributed by atoms with van der Waals surface area (Å²) in [5.74, 6) is 0.891. The molecular formula is C10H21Br. The average molecular weight is 221 g/mol. The van der Waals surface area contributed by atoms with Gasteiger partial charge in [0, 0.05) is 4.83 Å². The number of rotatable bonds is 0. The quantitative estimate of drug-likeness (QED) is 0.537. The lowest BCUT2D eigenvalue weighted by atomic mass is 9.83. The van der Waals surface area contributed by atoms with Crippen molar-refractivity contribution in [2.75, 3.05) is 0 Å². The lowest BCUT2D eigenvalue weighted by Crippen LogP contribution is -2.13. The van der Waals surface area contributed by atoms with Crippen molar-refractivity contribution in [1.82, 2.24) is 0 Å². The fourth-order valence-corrected chi connectivity index (χ4v) is 2.95. The second-order valence-corrected chi connectivity index (χ2v) is 5.22. The summed E-state index contributed by atoms with van der Waals surface area (Å²) < 4.78 is 0. The van der Waals surface area contributed by atoms with Crippen LogP contribution in [0.5, 0.6) is 0 Å². The van der Waals surface area contributed by atoms with Gasteiger partial charge in [-0.25, -0.2) is 0 Å². The first-order chi connectivity index (χ1) is 5.02. The van der Waals surface area contributed by atoms with Crippen molar-refractivity contribution in [1.29, 1.82) is 0 Å². The van der Waals surface area contributed by atoms with Crippen molar-refractivity contribution in [3.05, 3.63) is 0 Å². The van der Waals surface area contributed by atoms with E-state index < -0.39 is 0 Å². The topological polar surface area (TPSA) is 0 Å². The molecule has 1 aliphatic carbocycles. The van der Waals surface area contributed by atoms with Crippen LogP contribution in [-0.4, -0.2) is 4.83 Å². The highest BCUT2D eigenvalue weighted by molar-refractivity contribution is 9.09. The fourth-order valence-electron chi connectivity index (χ4n) is 1.56. The Hall–Kier alpha value is 0.480. The van der Waals surface area contributed by atoms with Gasteiger partial charge in [-0.3, -0.25) is 0 Å². The Kier molecular flexibility index (Phi) is 4.69. The summed E-state index contributed by atoms with van der Waals surface area (Å²) in [5.41, 5.74) is 0.578. The molecular weight excluding hydrogens is 200 g/mol. The van der Waals surface area contributed by atoms with Gasteiger partial charge >= 0.3 is 0 Å². The highest BCUT2D eigenvalue weighted by Gasteiger charge is 2.35. The third kappa shape index (κ3) is 3.14. The maximum absolute atomic E-state index is 3.65. The predicted octanol–water partition coefficient (Wildman–Crippen LogP) is 4.23. The fraction of sp³-hybridized carbons (Fsp3) is 1.00. The monoisotopic (exact) mass is 220 g/mol. The summed E-state index contributed by atoms with van der Waals surface area (Å²) in [6.07, 6.45) is 2.70. The predicted molar refractivity (Wildman–Crippen MR) is 56.2 cm³/mol. The summed E-state index contributed by atoms with van der Waals surface area (Å²) in [4.78, 5) is 0.780. The Labute approximate surface area is 79.9 Å². The van der Waals surface area contributed by atoms with Crippen LogP contribution in [0.1, 0.15) is 47.5 Å². The van der Waals surface area contributed by atoms with Crippen LogP contribution < -0.4 is 0 Å². The summed E-state index contributed by atoms with van der Waals surface area (Å²) in [6.45, 7) is 11.1. The van der Waals surface area contributed by atoms with Gasteiger partial charge in [0.15, 0.2) is 0 Å². The maximum atomic E-state index is 3.65. The van der Waals surface area contributed by atoms with E-state index in [1.807, 2.05) is 13.8 Å². The van der Waals surface area contributed by atoms with Crippen LogP contribution >= 0.6 is 15.9 Å². The highest BCUT2D eigenvalue weighted by atomic mass is 79.9. The third-order valence-corrected chi connectivity index (χ3v) is 3.39. The molecule has 0 aliphatic heterocycles. The van der Waals surface area contributed by atoms with Crippen molar-refractivity contribution in [2.45, 2.75) is 52.3 Å². The lowest BCUT2D eigenvalue weighted by molar-refractivity contribution is 0.281. The first-order valence-electron chi connectivity index (χ1n) is 4.66. The maximum Gasteiger partial charge on any atom is 0.0153 e. The standard InChI is InChI=1S/C8H15Br.C2H6/c1-6-4-7(9)5-8(6,2)3;1-2/h6-7H,4-5H2,1-3H3;1-2H3/t6?,7-;/m1./s1. The number of hydrogen-bond donors (Lipinski definition) is 0. The molecule has 0 aromatic rings. The second kappa shape index (κ2) is 4.49. The van der Waals surface area contributed by atoms with E-state index in [1.165, 1.54) is 12.8 Å². The Bertz CT molecular complexity index is 107. The van der Waals surface area contributed by atoms with Gasteiger partial charge in [-0.15, -0.1) is 0 Å². The van der Waals surface area contributed by atoms with Crippen molar-refractivity contribution in [3.8, 4) is 0 Å². The van der Waals surface area contributed by atoms with Crippen LogP contribution in [-0.2, 0) is 0 Å². The van der Waals surface area contributed by atoms with Crippen LogP contribution in [0.15, 0.2) is 0 Å². The largest absolute Gasteiger partial charge is 0.0890 e. The van der Waals surface area contributed by atoms with E-state index >= 15 is 0 Å². The van der Waals surface area contributed by atoms with Crippen LogP contribution in [0.3, 0.4) is 0 Å². The lowest BCUT2D eigenvalue weighted by Gasteiger charge is -2.22. The molecule has 0 nitrogen and oxygen atoms in total. The van der Waals surface area contributed by atoms with Crippen molar-refractivity contribution < 1.29 is 0 Å². The zero-order valence-electron chi connectivity index (χ0n) is 8.45. The summed E-state index contributed by atoms with van der Waals surface area (Å²) in [7, 11) is 0. The molecule has 0 radical (unpaired) electrons. The van der Waals surface area contributed by atoms with Gasteiger partial charge in [0.05, 0.1) is 0 Å². The summed E-state index contributed by atoms with van der Waals surface area (Å²) >= 11 is 3.65. The number of alkyl halides is 1. The van der Waals surface area contributed by atoms with E-state index in [1.54, 1.807) is 0 Å². The normalized spacial score (nSPS) is 34.4. The molecule has 1 unspecified atom stereocenters. The highest BCUT2D eigenvalue weighted by Crippen LogP contribution is 2.44. The zero-order valence-corrected chi connectivity index (χ0v) is 10.0. The number of halogens is 1. The Balaban J connectivity index is 0.000000461. The van der Waals surface area contributed by atoms with E-state index in [-0.39, 0.29) is 0 Å². The van der Waals surface area contributed by atoms with Crippen LogP contribution in [0, 0.1) is 11.3 Å². The van der Waals surface area contributed by atoms with Gasteiger partial charge in [0.1, 0.15) is 0 Å². The number of hydrogen-bond acceptors (Lipinski definition) is 0. The molecule has 1 aliphatic rings. The minimum atomic E-state index is 0.578. The third-order valence-electron chi connectivity index (χ3n) is 2.69. The minimum absolute atomic E-state index is 0.578. The van der Waals surface area contributed by atoms with E-state index in [0.29, 0.717) is 5.41 Å².